The Morgan fingerprint density at radius 2 is 1.64 bits per heavy atom. The van der Waals surface area contributed by atoms with E-state index >= 15 is 0 Å². The molecular formula is C10H14F3N. The SMILES string of the molecule is CC1=NCC(C(F)(F)F)=C1C(C)(C)C. The quantitative estimate of drug-likeness (QED) is 0.575. The summed E-state index contributed by atoms with van der Waals surface area (Å²) in [4.78, 5) is 3.85. The predicted molar refractivity (Wildman–Crippen MR) is 50.5 cm³/mol. The molecule has 0 unspecified atom stereocenters. The standard InChI is InChI=1S/C10H14F3N/c1-6-8(9(2,3)4)7(5-14-6)10(11,12)13/h5H2,1-4H3. The minimum absolute atomic E-state index is 0.220. The van der Waals surface area contributed by atoms with Crippen molar-refractivity contribution in [1.82, 2.24) is 0 Å². The van der Waals surface area contributed by atoms with Gasteiger partial charge in [-0.15, -0.1) is 0 Å². The maximum Gasteiger partial charge on any atom is 0.414 e. The Labute approximate surface area is 81.7 Å². The summed E-state index contributed by atoms with van der Waals surface area (Å²) in [5.41, 5.74) is -0.105. The van der Waals surface area contributed by atoms with Gasteiger partial charge in [0.25, 0.3) is 0 Å². The highest BCUT2D eigenvalue weighted by atomic mass is 19.4. The minimum atomic E-state index is -4.25. The van der Waals surface area contributed by atoms with Gasteiger partial charge in [0.1, 0.15) is 0 Å². The van der Waals surface area contributed by atoms with E-state index in [1.54, 1.807) is 27.7 Å². The lowest BCUT2D eigenvalue weighted by atomic mass is 9.82. The van der Waals surface area contributed by atoms with Gasteiger partial charge in [-0.1, -0.05) is 20.8 Å². The van der Waals surface area contributed by atoms with Gasteiger partial charge in [-0.2, -0.15) is 13.2 Å². The molecule has 0 atom stereocenters. The molecule has 0 radical (unpaired) electrons. The summed E-state index contributed by atoms with van der Waals surface area (Å²) in [6, 6.07) is 0. The van der Waals surface area contributed by atoms with Crippen molar-refractivity contribution in [1.29, 1.82) is 0 Å². The first-order valence-electron chi connectivity index (χ1n) is 4.46. The zero-order valence-electron chi connectivity index (χ0n) is 8.79. The van der Waals surface area contributed by atoms with E-state index in [2.05, 4.69) is 4.99 Å². The van der Waals surface area contributed by atoms with E-state index in [1.165, 1.54) is 0 Å². The number of allylic oxidation sites excluding steroid dienone is 1. The Kier molecular flexibility index (Phi) is 2.50. The van der Waals surface area contributed by atoms with Gasteiger partial charge >= 0.3 is 6.18 Å². The van der Waals surface area contributed by atoms with E-state index in [4.69, 9.17) is 0 Å². The molecule has 0 amide bonds. The van der Waals surface area contributed by atoms with Crippen LogP contribution >= 0.6 is 0 Å². The molecule has 0 aromatic rings. The Morgan fingerprint density at radius 1 is 1.14 bits per heavy atom. The zero-order valence-corrected chi connectivity index (χ0v) is 8.79. The fourth-order valence-electron chi connectivity index (χ4n) is 1.80. The van der Waals surface area contributed by atoms with E-state index in [1.807, 2.05) is 0 Å². The molecule has 0 aromatic heterocycles. The van der Waals surface area contributed by atoms with Gasteiger partial charge in [0, 0.05) is 5.71 Å². The van der Waals surface area contributed by atoms with Crippen molar-refractivity contribution in [2.24, 2.45) is 10.4 Å². The highest BCUT2D eigenvalue weighted by molar-refractivity contribution is 6.02. The lowest BCUT2D eigenvalue weighted by molar-refractivity contribution is -0.0929. The van der Waals surface area contributed by atoms with Gasteiger partial charge in [0.05, 0.1) is 12.1 Å². The first kappa shape index (κ1) is 11.3. The zero-order chi connectivity index (χ0) is 11.1. The number of rotatable bonds is 0. The Morgan fingerprint density at radius 3 is 1.93 bits per heavy atom. The van der Waals surface area contributed by atoms with Gasteiger partial charge in [0.15, 0.2) is 0 Å². The fraction of sp³-hybridized carbons (Fsp3) is 0.700. The second-order valence-electron chi connectivity index (χ2n) is 4.50. The number of hydrogen-bond donors (Lipinski definition) is 0. The average molecular weight is 205 g/mol. The third kappa shape index (κ3) is 1.99. The lowest BCUT2D eigenvalue weighted by Crippen LogP contribution is -2.22. The molecule has 0 N–H and O–H groups in total. The molecule has 1 aliphatic rings. The van der Waals surface area contributed by atoms with E-state index in [-0.39, 0.29) is 6.54 Å². The molecule has 80 valence electrons. The summed E-state index contributed by atoms with van der Waals surface area (Å²) in [5.74, 6) is 0. The van der Waals surface area contributed by atoms with Gasteiger partial charge in [-0.05, 0) is 17.9 Å². The maximum absolute atomic E-state index is 12.6. The van der Waals surface area contributed by atoms with E-state index in [0.717, 1.165) is 0 Å². The van der Waals surface area contributed by atoms with Crippen LogP contribution in [0.2, 0.25) is 0 Å². The van der Waals surface area contributed by atoms with Crippen molar-refractivity contribution < 1.29 is 13.2 Å². The highest BCUT2D eigenvalue weighted by Crippen LogP contribution is 2.39. The van der Waals surface area contributed by atoms with Crippen molar-refractivity contribution in [2.75, 3.05) is 6.54 Å². The van der Waals surface area contributed by atoms with Gasteiger partial charge in [-0.25, -0.2) is 0 Å². The summed E-state index contributed by atoms with van der Waals surface area (Å²) in [5, 5.41) is 0. The Bertz CT molecular complexity index is 302. The smallest absolute Gasteiger partial charge is 0.285 e. The molecule has 0 spiro atoms. The monoisotopic (exact) mass is 205 g/mol. The fourth-order valence-corrected chi connectivity index (χ4v) is 1.80. The van der Waals surface area contributed by atoms with Crippen molar-refractivity contribution in [3.63, 3.8) is 0 Å². The number of aliphatic imine (C=N–C) groups is 1. The molecule has 0 aliphatic carbocycles. The molecule has 1 heterocycles. The van der Waals surface area contributed by atoms with Crippen LogP contribution in [0.3, 0.4) is 0 Å². The number of alkyl halides is 3. The van der Waals surface area contributed by atoms with Crippen LogP contribution in [0.15, 0.2) is 16.1 Å². The van der Waals surface area contributed by atoms with Crippen LogP contribution in [-0.2, 0) is 0 Å². The molecule has 0 aromatic carbocycles. The van der Waals surface area contributed by atoms with Crippen molar-refractivity contribution in [3.8, 4) is 0 Å². The third-order valence-corrected chi connectivity index (χ3v) is 2.23. The molecule has 0 saturated heterocycles. The summed E-state index contributed by atoms with van der Waals surface area (Å²) in [7, 11) is 0. The topological polar surface area (TPSA) is 12.4 Å². The number of nitrogens with zero attached hydrogens (tertiary/aromatic N) is 1. The number of halogens is 3. The van der Waals surface area contributed by atoms with Crippen LogP contribution in [0, 0.1) is 5.41 Å². The largest absolute Gasteiger partial charge is 0.414 e. The van der Waals surface area contributed by atoms with E-state index in [0.29, 0.717) is 11.3 Å². The van der Waals surface area contributed by atoms with E-state index < -0.39 is 17.2 Å². The third-order valence-electron chi connectivity index (χ3n) is 2.23. The Hall–Kier alpha value is -0.800. The number of hydrogen-bond acceptors (Lipinski definition) is 1. The molecular weight excluding hydrogens is 191 g/mol. The normalized spacial score (nSPS) is 18.9. The maximum atomic E-state index is 12.6. The molecule has 0 bridgehead atoms. The van der Waals surface area contributed by atoms with Crippen LogP contribution in [0.5, 0.6) is 0 Å². The summed E-state index contributed by atoms with van der Waals surface area (Å²) in [6.45, 7) is 6.75. The second kappa shape index (κ2) is 3.11. The Balaban J connectivity index is 3.23. The van der Waals surface area contributed by atoms with Crippen LogP contribution in [0.1, 0.15) is 27.7 Å². The minimum Gasteiger partial charge on any atom is -0.285 e. The van der Waals surface area contributed by atoms with Crippen molar-refractivity contribution >= 4 is 5.71 Å². The molecule has 0 saturated carbocycles. The van der Waals surface area contributed by atoms with Gasteiger partial charge in [-0.3, -0.25) is 4.99 Å². The van der Waals surface area contributed by atoms with Crippen molar-refractivity contribution in [2.45, 2.75) is 33.9 Å². The molecule has 1 rings (SSSR count). The van der Waals surface area contributed by atoms with Crippen LogP contribution in [0.4, 0.5) is 13.2 Å². The van der Waals surface area contributed by atoms with Crippen LogP contribution in [-0.4, -0.2) is 18.4 Å². The predicted octanol–water partition coefficient (Wildman–Crippen LogP) is 3.37. The molecule has 4 heteroatoms. The van der Waals surface area contributed by atoms with Crippen molar-refractivity contribution in [3.05, 3.63) is 11.1 Å². The first-order valence-corrected chi connectivity index (χ1v) is 4.46. The second-order valence-corrected chi connectivity index (χ2v) is 4.50. The average Bonchev–Trinajstić information content (AvgIpc) is 2.27. The molecule has 1 aliphatic heterocycles. The summed E-state index contributed by atoms with van der Waals surface area (Å²) in [6.07, 6.45) is -4.25. The molecule has 14 heavy (non-hydrogen) atoms. The molecule has 1 nitrogen and oxygen atoms in total. The van der Waals surface area contributed by atoms with Crippen LogP contribution in [0.25, 0.3) is 0 Å². The lowest BCUT2D eigenvalue weighted by Gasteiger charge is -2.23. The first-order chi connectivity index (χ1) is 6.14. The molecule has 0 fully saturated rings. The highest BCUT2D eigenvalue weighted by Gasteiger charge is 2.41. The van der Waals surface area contributed by atoms with Crippen LogP contribution < -0.4 is 0 Å². The van der Waals surface area contributed by atoms with E-state index in [9.17, 15) is 13.2 Å². The summed E-state index contributed by atoms with van der Waals surface area (Å²) < 4.78 is 37.7. The summed E-state index contributed by atoms with van der Waals surface area (Å²) >= 11 is 0. The van der Waals surface area contributed by atoms with Gasteiger partial charge < -0.3 is 0 Å². The van der Waals surface area contributed by atoms with Gasteiger partial charge in [0.2, 0.25) is 0 Å².